The topological polar surface area (TPSA) is 48.5 Å². The highest BCUT2D eigenvalue weighted by Gasteiger charge is 2.40. The Morgan fingerprint density at radius 1 is 1.21 bits per heavy atom. The van der Waals surface area contributed by atoms with Crippen molar-refractivity contribution in [3.05, 3.63) is 66.0 Å². The number of carbonyl (C=O) groups is 1. The van der Waals surface area contributed by atoms with E-state index in [0.717, 1.165) is 50.0 Å². The van der Waals surface area contributed by atoms with Crippen LogP contribution in [0.5, 0.6) is 0 Å². The molecule has 4 heterocycles. The van der Waals surface area contributed by atoms with E-state index in [1.807, 2.05) is 42.6 Å². The predicted molar refractivity (Wildman–Crippen MR) is 116 cm³/mol. The number of amides is 1. The fraction of sp³-hybridized carbons (Fsp3) is 0.500. The molecule has 3 saturated heterocycles. The lowest BCUT2D eigenvalue weighted by Gasteiger charge is -2.50. The third-order valence-electron chi connectivity index (χ3n) is 6.57. The molecule has 5 rings (SSSR count). The highest BCUT2D eigenvalue weighted by atomic mass is 16.1. The molecule has 1 aromatic heterocycles. The van der Waals surface area contributed by atoms with Crippen LogP contribution in [0.25, 0.3) is 0 Å². The van der Waals surface area contributed by atoms with Gasteiger partial charge in [-0.2, -0.15) is 0 Å². The van der Waals surface area contributed by atoms with E-state index in [2.05, 4.69) is 39.3 Å². The van der Waals surface area contributed by atoms with E-state index in [1.165, 1.54) is 25.1 Å². The van der Waals surface area contributed by atoms with Crippen molar-refractivity contribution in [2.45, 2.75) is 25.3 Å². The smallest absolute Gasteiger partial charge is 0.251 e. The molecule has 0 radical (unpaired) electrons. The number of aromatic nitrogens is 1. The number of rotatable bonds is 8. The van der Waals surface area contributed by atoms with Crippen molar-refractivity contribution in [2.24, 2.45) is 11.8 Å². The van der Waals surface area contributed by atoms with E-state index < -0.39 is 0 Å². The zero-order valence-electron chi connectivity index (χ0n) is 17.3. The first-order valence-corrected chi connectivity index (χ1v) is 10.8. The SMILES string of the molecule is CN(CCc1ccccn1)C[C@H]1CN2CC[C@H]1C[C@@H]2CNC(=O)c1ccccc1. The zero-order chi connectivity index (χ0) is 20.1. The maximum absolute atomic E-state index is 12.4. The molecule has 2 aromatic rings. The van der Waals surface area contributed by atoms with E-state index in [0.29, 0.717) is 6.04 Å². The van der Waals surface area contributed by atoms with Crippen molar-refractivity contribution >= 4 is 5.91 Å². The average Bonchev–Trinajstić information content (AvgIpc) is 2.78. The molecule has 1 aromatic carbocycles. The van der Waals surface area contributed by atoms with Gasteiger partial charge < -0.3 is 10.2 Å². The molecule has 4 atom stereocenters. The number of hydrogen-bond donors (Lipinski definition) is 1. The molecule has 0 spiro atoms. The van der Waals surface area contributed by atoms with Crippen molar-refractivity contribution in [1.82, 2.24) is 20.1 Å². The number of benzene rings is 1. The van der Waals surface area contributed by atoms with Gasteiger partial charge in [-0.25, -0.2) is 0 Å². The Hall–Kier alpha value is -2.24. The molecule has 1 unspecified atom stereocenters. The molecule has 1 N–H and O–H groups in total. The molecule has 29 heavy (non-hydrogen) atoms. The lowest BCUT2D eigenvalue weighted by molar-refractivity contribution is -0.00870. The van der Waals surface area contributed by atoms with Gasteiger partial charge in [0.15, 0.2) is 0 Å². The molecule has 2 bridgehead atoms. The van der Waals surface area contributed by atoms with Gasteiger partial charge >= 0.3 is 0 Å². The van der Waals surface area contributed by atoms with Crippen molar-refractivity contribution in [3.63, 3.8) is 0 Å². The van der Waals surface area contributed by atoms with Gasteiger partial charge in [-0.1, -0.05) is 24.3 Å². The standard InChI is InChI=1S/C24H32N4O/c1-27(13-11-22-9-5-6-12-25-22)17-21-18-28-14-10-20(21)15-23(28)16-26-24(29)19-7-3-2-4-8-19/h2-9,12,20-21,23H,10-11,13-18H2,1H3,(H,26,29)/t20-,21-,23+/m0/s1. The van der Waals surface area contributed by atoms with E-state index in [1.54, 1.807) is 0 Å². The van der Waals surface area contributed by atoms with Crippen molar-refractivity contribution in [1.29, 1.82) is 0 Å². The molecule has 3 aliphatic rings. The highest BCUT2D eigenvalue weighted by molar-refractivity contribution is 5.94. The van der Waals surface area contributed by atoms with Gasteiger partial charge in [0.05, 0.1) is 0 Å². The van der Waals surface area contributed by atoms with Crippen LogP contribution in [0.2, 0.25) is 0 Å². The van der Waals surface area contributed by atoms with Crippen LogP contribution < -0.4 is 5.32 Å². The van der Waals surface area contributed by atoms with E-state index in [9.17, 15) is 4.79 Å². The Bertz CT molecular complexity index is 782. The molecule has 0 saturated carbocycles. The summed E-state index contributed by atoms with van der Waals surface area (Å²) in [5, 5.41) is 3.15. The van der Waals surface area contributed by atoms with Gasteiger partial charge in [0.25, 0.3) is 5.91 Å². The normalized spacial score (nSPS) is 25.9. The molecule has 1 amide bonds. The minimum absolute atomic E-state index is 0.0408. The first kappa shape index (κ1) is 20.0. The number of piperidine rings is 3. The minimum atomic E-state index is 0.0408. The molecule has 5 heteroatoms. The Morgan fingerprint density at radius 2 is 2.03 bits per heavy atom. The van der Waals surface area contributed by atoms with Gasteiger partial charge in [-0.05, 0) is 62.5 Å². The van der Waals surface area contributed by atoms with Crippen LogP contribution in [0.4, 0.5) is 0 Å². The first-order chi connectivity index (χ1) is 14.2. The van der Waals surface area contributed by atoms with Crippen LogP contribution in [-0.4, -0.2) is 66.5 Å². The fourth-order valence-electron chi connectivity index (χ4n) is 4.91. The number of likely N-dealkylation sites (N-methyl/N-ethyl adjacent to an activating group) is 1. The molecule has 3 aliphatic heterocycles. The van der Waals surface area contributed by atoms with E-state index in [4.69, 9.17) is 0 Å². The summed E-state index contributed by atoms with van der Waals surface area (Å²) in [6, 6.07) is 16.1. The summed E-state index contributed by atoms with van der Waals surface area (Å²) in [4.78, 5) is 21.8. The molecule has 0 aliphatic carbocycles. The van der Waals surface area contributed by atoms with Crippen LogP contribution >= 0.6 is 0 Å². The second-order valence-electron chi connectivity index (χ2n) is 8.60. The maximum atomic E-state index is 12.4. The third-order valence-corrected chi connectivity index (χ3v) is 6.57. The number of carbonyl (C=O) groups excluding carboxylic acids is 1. The van der Waals surface area contributed by atoms with Gasteiger partial charge in [0.2, 0.25) is 0 Å². The summed E-state index contributed by atoms with van der Waals surface area (Å²) >= 11 is 0. The maximum Gasteiger partial charge on any atom is 0.251 e. The summed E-state index contributed by atoms with van der Waals surface area (Å²) in [5.41, 5.74) is 1.92. The highest BCUT2D eigenvalue weighted by Crippen LogP contribution is 2.36. The van der Waals surface area contributed by atoms with Crippen LogP contribution in [0, 0.1) is 11.8 Å². The van der Waals surface area contributed by atoms with Crippen molar-refractivity contribution < 1.29 is 4.79 Å². The van der Waals surface area contributed by atoms with E-state index >= 15 is 0 Å². The summed E-state index contributed by atoms with van der Waals surface area (Å²) < 4.78 is 0. The fourth-order valence-corrected chi connectivity index (χ4v) is 4.91. The Labute approximate surface area is 174 Å². The third kappa shape index (κ3) is 5.22. The van der Waals surface area contributed by atoms with Gasteiger partial charge in [-0.3, -0.25) is 14.7 Å². The zero-order valence-corrected chi connectivity index (χ0v) is 17.3. The number of nitrogens with one attached hydrogen (secondary N) is 1. The summed E-state index contributed by atoms with van der Waals surface area (Å²) in [7, 11) is 2.23. The van der Waals surface area contributed by atoms with E-state index in [-0.39, 0.29) is 5.91 Å². The van der Waals surface area contributed by atoms with Gasteiger partial charge in [0, 0.05) is 56.1 Å². The summed E-state index contributed by atoms with van der Waals surface area (Å²) in [5.74, 6) is 1.55. The van der Waals surface area contributed by atoms with Gasteiger partial charge in [0.1, 0.15) is 0 Å². The monoisotopic (exact) mass is 392 g/mol. The second kappa shape index (κ2) is 9.51. The van der Waals surface area contributed by atoms with Gasteiger partial charge in [-0.15, -0.1) is 0 Å². The van der Waals surface area contributed by atoms with Crippen LogP contribution in [0.15, 0.2) is 54.7 Å². The number of fused-ring (bicyclic) bond motifs is 3. The Morgan fingerprint density at radius 3 is 2.76 bits per heavy atom. The molecule has 5 nitrogen and oxygen atoms in total. The number of nitrogens with zero attached hydrogens (tertiary/aromatic N) is 3. The van der Waals surface area contributed by atoms with Crippen LogP contribution in [0.3, 0.4) is 0 Å². The summed E-state index contributed by atoms with van der Waals surface area (Å²) in [6.45, 7) is 5.29. The van der Waals surface area contributed by atoms with Crippen LogP contribution in [-0.2, 0) is 6.42 Å². The lowest BCUT2D eigenvalue weighted by atomic mass is 9.75. The minimum Gasteiger partial charge on any atom is -0.350 e. The number of hydrogen-bond acceptors (Lipinski definition) is 4. The largest absolute Gasteiger partial charge is 0.350 e. The molecular formula is C24H32N4O. The first-order valence-electron chi connectivity index (χ1n) is 10.8. The molecular weight excluding hydrogens is 360 g/mol. The second-order valence-corrected chi connectivity index (χ2v) is 8.60. The predicted octanol–water partition coefficient (Wildman–Crippen LogP) is 2.70. The quantitative estimate of drug-likeness (QED) is 0.750. The molecule has 3 fully saturated rings. The number of pyridine rings is 1. The molecule has 154 valence electrons. The lowest BCUT2D eigenvalue weighted by Crippen LogP contribution is -2.58. The Kier molecular flexibility index (Phi) is 6.57. The van der Waals surface area contributed by atoms with Crippen molar-refractivity contribution in [3.8, 4) is 0 Å². The van der Waals surface area contributed by atoms with Crippen molar-refractivity contribution in [2.75, 3.05) is 39.8 Å². The van der Waals surface area contributed by atoms with Crippen LogP contribution in [0.1, 0.15) is 28.9 Å². The Balaban J connectivity index is 1.23. The average molecular weight is 393 g/mol. The summed E-state index contributed by atoms with van der Waals surface area (Å²) in [6.07, 6.45) is 5.38.